The first-order valence-electron chi connectivity index (χ1n) is 6.53. The molecule has 2 aromatic carbocycles. The lowest BCUT2D eigenvalue weighted by Gasteiger charge is -2.16. The van der Waals surface area contributed by atoms with Crippen molar-refractivity contribution in [3.63, 3.8) is 0 Å². The zero-order valence-electron chi connectivity index (χ0n) is 11.4. The second-order valence-electron chi connectivity index (χ2n) is 5.21. The Balaban J connectivity index is 1.73. The van der Waals surface area contributed by atoms with E-state index in [9.17, 15) is 0 Å². The molecule has 0 aromatic heterocycles. The molecule has 0 bridgehead atoms. The van der Waals surface area contributed by atoms with E-state index >= 15 is 0 Å². The molecule has 0 fully saturated rings. The highest BCUT2D eigenvalue weighted by molar-refractivity contribution is 9.10. The first-order valence-corrected chi connectivity index (χ1v) is 7.32. The number of anilines is 1. The van der Waals surface area contributed by atoms with Crippen LogP contribution in [0.5, 0.6) is 11.5 Å². The monoisotopic (exact) mass is 333 g/mol. The van der Waals surface area contributed by atoms with E-state index in [1.54, 1.807) is 0 Å². The van der Waals surface area contributed by atoms with Crippen LogP contribution in [0.3, 0.4) is 0 Å². The number of nitrogens with one attached hydrogen (secondary N) is 1. The van der Waals surface area contributed by atoms with Crippen LogP contribution >= 0.6 is 15.9 Å². The number of ether oxygens (including phenoxy) is 2. The predicted molar refractivity (Wildman–Crippen MR) is 83.2 cm³/mol. The van der Waals surface area contributed by atoms with Gasteiger partial charge in [0.15, 0.2) is 11.5 Å². The maximum atomic E-state index is 5.74. The largest absolute Gasteiger partial charge is 0.449 e. The van der Waals surface area contributed by atoms with Gasteiger partial charge in [-0.3, -0.25) is 0 Å². The summed E-state index contributed by atoms with van der Waals surface area (Å²) in [5.41, 5.74) is 2.23. The van der Waals surface area contributed by atoms with Gasteiger partial charge in [-0.25, -0.2) is 0 Å². The number of rotatable bonds is 3. The van der Waals surface area contributed by atoms with Gasteiger partial charge in [0.2, 0.25) is 5.79 Å². The fourth-order valence-corrected chi connectivity index (χ4v) is 2.60. The van der Waals surface area contributed by atoms with E-state index in [0.717, 1.165) is 28.2 Å². The highest BCUT2D eigenvalue weighted by Crippen LogP contribution is 2.40. The number of fused-ring (bicyclic) bond motifs is 1. The topological polar surface area (TPSA) is 30.5 Å². The van der Waals surface area contributed by atoms with Crippen LogP contribution in [0, 0.1) is 0 Å². The van der Waals surface area contributed by atoms with E-state index in [1.807, 2.05) is 50.2 Å². The third-order valence-electron chi connectivity index (χ3n) is 3.10. The zero-order valence-corrected chi connectivity index (χ0v) is 13.0. The van der Waals surface area contributed by atoms with Gasteiger partial charge in [-0.05, 0) is 23.8 Å². The molecule has 3 nitrogen and oxygen atoms in total. The van der Waals surface area contributed by atoms with Crippen LogP contribution in [-0.4, -0.2) is 5.79 Å². The summed E-state index contributed by atoms with van der Waals surface area (Å²) in [4.78, 5) is 0. The van der Waals surface area contributed by atoms with E-state index < -0.39 is 5.79 Å². The Morgan fingerprint density at radius 1 is 1.05 bits per heavy atom. The van der Waals surface area contributed by atoms with Crippen molar-refractivity contribution in [2.24, 2.45) is 0 Å². The average molecular weight is 334 g/mol. The number of halogens is 1. The van der Waals surface area contributed by atoms with Crippen molar-refractivity contribution in [1.82, 2.24) is 0 Å². The second-order valence-corrected chi connectivity index (χ2v) is 6.06. The molecule has 104 valence electrons. The van der Waals surface area contributed by atoms with E-state index in [4.69, 9.17) is 9.47 Å². The Morgan fingerprint density at radius 2 is 1.80 bits per heavy atom. The van der Waals surface area contributed by atoms with Gasteiger partial charge in [-0.2, -0.15) is 0 Å². The summed E-state index contributed by atoms with van der Waals surface area (Å²) in [7, 11) is 0. The molecule has 1 heterocycles. The van der Waals surface area contributed by atoms with E-state index in [-0.39, 0.29) is 0 Å². The normalized spacial score (nSPS) is 15.2. The summed E-state index contributed by atoms with van der Waals surface area (Å²) in [5.74, 6) is 0.997. The molecule has 1 aliphatic rings. The van der Waals surface area contributed by atoms with Gasteiger partial charge in [-0.15, -0.1) is 0 Å². The van der Waals surface area contributed by atoms with Crippen molar-refractivity contribution in [1.29, 1.82) is 0 Å². The van der Waals surface area contributed by atoms with Crippen molar-refractivity contribution in [3.05, 3.63) is 52.5 Å². The lowest BCUT2D eigenvalue weighted by atomic mass is 10.2. The molecule has 0 spiro atoms. The highest BCUT2D eigenvalue weighted by atomic mass is 79.9. The quantitative estimate of drug-likeness (QED) is 0.892. The Kier molecular flexibility index (Phi) is 3.34. The minimum atomic E-state index is -0.580. The van der Waals surface area contributed by atoms with Gasteiger partial charge in [0.1, 0.15) is 0 Å². The molecule has 0 amide bonds. The maximum Gasteiger partial charge on any atom is 0.246 e. The van der Waals surface area contributed by atoms with Gasteiger partial charge >= 0.3 is 0 Å². The summed E-state index contributed by atoms with van der Waals surface area (Å²) in [5, 5.41) is 3.39. The van der Waals surface area contributed by atoms with Crippen LogP contribution in [0.1, 0.15) is 19.4 Å². The third kappa shape index (κ3) is 2.75. The summed E-state index contributed by atoms with van der Waals surface area (Å²) >= 11 is 3.55. The van der Waals surface area contributed by atoms with Crippen LogP contribution < -0.4 is 14.8 Å². The van der Waals surface area contributed by atoms with E-state index in [2.05, 4.69) is 27.3 Å². The summed E-state index contributed by atoms with van der Waals surface area (Å²) in [6.45, 7) is 4.56. The third-order valence-corrected chi connectivity index (χ3v) is 3.87. The van der Waals surface area contributed by atoms with Gasteiger partial charge in [0.05, 0.1) is 0 Å². The smallest absolute Gasteiger partial charge is 0.246 e. The molecule has 0 aliphatic carbocycles. The molecule has 0 atom stereocenters. The van der Waals surface area contributed by atoms with E-state index in [1.165, 1.54) is 5.56 Å². The molecule has 0 unspecified atom stereocenters. The first kappa shape index (κ1) is 13.3. The Bertz CT molecular complexity index is 640. The predicted octanol–water partition coefficient (Wildman–Crippen LogP) is 4.57. The average Bonchev–Trinajstić information content (AvgIpc) is 2.71. The number of hydrogen-bond acceptors (Lipinski definition) is 3. The van der Waals surface area contributed by atoms with Gasteiger partial charge in [-0.1, -0.05) is 34.1 Å². The van der Waals surface area contributed by atoms with Crippen LogP contribution in [0.4, 0.5) is 5.69 Å². The lowest BCUT2D eigenvalue weighted by Crippen LogP contribution is -2.29. The summed E-state index contributed by atoms with van der Waals surface area (Å²) in [6, 6.07) is 14.1. The van der Waals surface area contributed by atoms with Crippen LogP contribution in [0.2, 0.25) is 0 Å². The SMILES string of the molecule is CC1(C)Oc2ccc(NCc3ccccc3Br)cc2O1. The minimum Gasteiger partial charge on any atom is -0.449 e. The fourth-order valence-electron chi connectivity index (χ4n) is 2.17. The highest BCUT2D eigenvalue weighted by Gasteiger charge is 2.31. The van der Waals surface area contributed by atoms with Crippen molar-refractivity contribution in [2.45, 2.75) is 26.2 Å². The molecule has 0 saturated carbocycles. The molecule has 3 rings (SSSR count). The van der Waals surface area contributed by atoms with Crippen molar-refractivity contribution in [2.75, 3.05) is 5.32 Å². The summed E-state index contributed by atoms with van der Waals surface area (Å²) < 4.78 is 12.5. The molecule has 1 aliphatic heterocycles. The maximum absolute atomic E-state index is 5.74. The lowest BCUT2D eigenvalue weighted by molar-refractivity contribution is -0.0431. The summed E-state index contributed by atoms with van der Waals surface area (Å²) in [6.07, 6.45) is 0. The standard InChI is InChI=1S/C16H16BrNO2/c1-16(2)19-14-8-7-12(9-15(14)20-16)18-10-11-5-3-4-6-13(11)17/h3-9,18H,10H2,1-2H3. The molecule has 2 aromatic rings. The second kappa shape index (κ2) is 5.02. The molecular formula is C16H16BrNO2. The molecule has 4 heteroatoms. The Hall–Kier alpha value is -1.68. The Labute approximate surface area is 127 Å². The van der Waals surface area contributed by atoms with Crippen molar-refractivity contribution >= 4 is 21.6 Å². The van der Waals surface area contributed by atoms with Crippen molar-refractivity contribution in [3.8, 4) is 11.5 Å². The van der Waals surface area contributed by atoms with Gasteiger partial charge in [0.25, 0.3) is 0 Å². The van der Waals surface area contributed by atoms with Crippen molar-refractivity contribution < 1.29 is 9.47 Å². The number of hydrogen-bond donors (Lipinski definition) is 1. The molecule has 20 heavy (non-hydrogen) atoms. The minimum absolute atomic E-state index is 0.580. The molecule has 1 N–H and O–H groups in total. The van der Waals surface area contributed by atoms with Crippen LogP contribution in [-0.2, 0) is 6.54 Å². The van der Waals surface area contributed by atoms with Gasteiger partial charge in [0, 0.05) is 36.6 Å². The molecule has 0 saturated heterocycles. The molecular weight excluding hydrogens is 318 g/mol. The number of benzene rings is 2. The fraction of sp³-hybridized carbons (Fsp3) is 0.250. The first-order chi connectivity index (χ1) is 9.53. The van der Waals surface area contributed by atoms with Crippen LogP contribution in [0.15, 0.2) is 46.9 Å². The molecule has 0 radical (unpaired) electrons. The van der Waals surface area contributed by atoms with Crippen LogP contribution in [0.25, 0.3) is 0 Å². The van der Waals surface area contributed by atoms with E-state index in [0.29, 0.717) is 0 Å². The zero-order chi connectivity index (χ0) is 14.2. The Morgan fingerprint density at radius 3 is 2.60 bits per heavy atom. The van der Waals surface area contributed by atoms with Gasteiger partial charge < -0.3 is 14.8 Å².